The second kappa shape index (κ2) is 6.47. The molecule has 0 radical (unpaired) electrons. The fourth-order valence-electron chi connectivity index (χ4n) is 1.63. The Morgan fingerprint density at radius 1 is 1.44 bits per heavy atom. The van der Waals surface area contributed by atoms with Crippen molar-refractivity contribution < 1.29 is 9.63 Å². The number of fused-ring (bicyclic) bond motifs is 1. The Morgan fingerprint density at radius 2 is 2.28 bits per heavy atom. The van der Waals surface area contributed by atoms with E-state index < -0.39 is 0 Å². The number of nitrogens with zero attached hydrogens (tertiary/aromatic N) is 1. The number of aromatic nitrogens is 1. The zero-order valence-corrected chi connectivity index (χ0v) is 11.1. The molecule has 0 aliphatic heterocycles. The van der Waals surface area contributed by atoms with Crippen molar-refractivity contribution in [3.8, 4) is 0 Å². The maximum atomic E-state index is 11.3. The molecule has 1 amide bonds. The van der Waals surface area contributed by atoms with Gasteiger partial charge < -0.3 is 0 Å². The molecular formula is C13H16N2O2S. The third-order valence-corrected chi connectivity index (χ3v) is 3.56. The number of hydrogen-bond donors (Lipinski definition) is 1. The summed E-state index contributed by atoms with van der Waals surface area (Å²) in [6.45, 7) is 2.32. The molecule has 0 saturated carbocycles. The van der Waals surface area contributed by atoms with Crippen LogP contribution in [0.1, 0.15) is 24.8 Å². The van der Waals surface area contributed by atoms with Gasteiger partial charge in [-0.05, 0) is 31.9 Å². The molecule has 0 aliphatic rings. The van der Waals surface area contributed by atoms with E-state index in [0.717, 1.165) is 23.4 Å². The maximum Gasteiger partial charge on any atom is 0.243 e. The van der Waals surface area contributed by atoms with Gasteiger partial charge in [-0.25, -0.2) is 10.5 Å². The van der Waals surface area contributed by atoms with Crippen molar-refractivity contribution in [3.05, 3.63) is 29.3 Å². The molecular weight excluding hydrogens is 248 g/mol. The van der Waals surface area contributed by atoms with Crippen molar-refractivity contribution in [1.82, 2.24) is 10.5 Å². The number of hydrogen-bond acceptors (Lipinski definition) is 4. The number of nitrogens with one attached hydrogen (secondary N) is 1. The third kappa shape index (κ3) is 3.51. The average Bonchev–Trinajstić information content (AvgIpc) is 2.79. The normalized spacial score (nSPS) is 10.7. The van der Waals surface area contributed by atoms with Crippen molar-refractivity contribution in [2.45, 2.75) is 26.2 Å². The maximum absolute atomic E-state index is 11.3. The zero-order chi connectivity index (χ0) is 12.8. The first kappa shape index (κ1) is 13.0. The first-order chi connectivity index (χ1) is 8.79. The van der Waals surface area contributed by atoms with Gasteiger partial charge in [-0.2, -0.15) is 0 Å². The molecule has 18 heavy (non-hydrogen) atoms. The van der Waals surface area contributed by atoms with Gasteiger partial charge >= 0.3 is 0 Å². The number of aryl methyl sites for hydroxylation is 1. The summed E-state index contributed by atoms with van der Waals surface area (Å²) in [6.07, 6.45) is 2.09. The summed E-state index contributed by atoms with van der Waals surface area (Å²) in [5.74, 6) is -0.0713. The Hall–Kier alpha value is -1.46. The SMILES string of the molecule is CCONC(=O)CCCc1nc2ccccc2s1. The average molecular weight is 264 g/mol. The molecule has 0 bridgehead atoms. The molecule has 0 atom stereocenters. The first-order valence-electron chi connectivity index (χ1n) is 6.04. The van der Waals surface area contributed by atoms with Crippen LogP contribution in [0, 0.1) is 0 Å². The first-order valence-corrected chi connectivity index (χ1v) is 6.86. The van der Waals surface area contributed by atoms with E-state index in [4.69, 9.17) is 4.84 Å². The molecule has 0 unspecified atom stereocenters. The molecule has 0 spiro atoms. The quantitative estimate of drug-likeness (QED) is 0.816. The highest BCUT2D eigenvalue weighted by Crippen LogP contribution is 2.22. The lowest BCUT2D eigenvalue weighted by atomic mass is 10.2. The molecule has 5 heteroatoms. The lowest BCUT2D eigenvalue weighted by molar-refractivity contribution is -0.133. The highest BCUT2D eigenvalue weighted by atomic mass is 32.1. The van der Waals surface area contributed by atoms with Crippen LogP contribution in [0.25, 0.3) is 10.2 Å². The van der Waals surface area contributed by atoms with E-state index in [1.165, 1.54) is 4.70 Å². The van der Waals surface area contributed by atoms with Crippen LogP contribution < -0.4 is 5.48 Å². The van der Waals surface area contributed by atoms with Crippen LogP contribution in [-0.2, 0) is 16.1 Å². The van der Waals surface area contributed by atoms with Gasteiger partial charge in [0.05, 0.1) is 21.8 Å². The highest BCUT2D eigenvalue weighted by molar-refractivity contribution is 7.18. The molecule has 2 rings (SSSR count). The standard InChI is InChI=1S/C13H16N2O2S/c1-2-17-15-12(16)8-5-9-13-14-10-6-3-4-7-11(10)18-13/h3-4,6-7H,2,5,8-9H2,1H3,(H,15,16). The topological polar surface area (TPSA) is 51.2 Å². The van der Waals surface area contributed by atoms with Gasteiger partial charge in [0, 0.05) is 6.42 Å². The van der Waals surface area contributed by atoms with Crippen LogP contribution in [0.5, 0.6) is 0 Å². The monoisotopic (exact) mass is 264 g/mol. The van der Waals surface area contributed by atoms with Gasteiger partial charge in [0.2, 0.25) is 5.91 Å². The van der Waals surface area contributed by atoms with Crippen LogP contribution in [0.4, 0.5) is 0 Å². The summed E-state index contributed by atoms with van der Waals surface area (Å²) in [6, 6.07) is 8.08. The molecule has 1 aromatic heterocycles. The van der Waals surface area contributed by atoms with Crippen LogP contribution in [0.2, 0.25) is 0 Å². The lowest BCUT2D eigenvalue weighted by Crippen LogP contribution is -2.23. The van der Waals surface area contributed by atoms with E-state index in [-0.39, 0.29) is 5.91 Å². The molecule has 1 heterocycles. The Labute approximate surface area is 110 Å². The summed E-state index contributed by atoms with van der Waals surface area (Å²) in [5.41, 5.74) is 3.43. The van der Waals surface area contributed by atoms with E-state index in [0.29, 0.717) is 13.0 Å². The zero-order valence-electron chi connectivity index (χ0n) is 10.3. The molecule has 2 aromatic rings. The molecule has 1 N–H and O–H groups in total. The van der Waals surface area contributed by atoms with Crippen molar-refractivity contribution in [2.24, 2.45) is 0 Å². The number of amides is 1. The van der Waals surface area contributed by atoms with Gasteiger partial charge in [0.1, 0.15) is 0 Å². The number of carbonyl (C=O) groups is 1. The van der Waals surface area contributed by atoms with Crippen molar-refractivity contribution >= 4 is 27.5 Å². The summed E-state index contributed by atoms with van der Waals surface area (Å²) < 4.78 is 1.20. The van der Waals surface area contributed by atoms with Gasteiger partial charge in [0.25, 0.3) is 0 Å². The van der Waals surface area contributed by atoms with E-state index in [2.05, 4.69) is 16.5 Å². The van der Waals surface area contributed by atoms with Crippen molar-refractivity contribution in [3.63, 3.8) is 0 Å². The fraction of sp³-hybridized carbons (Fsp3) is 0.385. The van der Waals surface area contributed by atoms with Crippen LogP contribution in [-0.4, -0.2) is 17.5 Å². The van der Waals surface area contributed by atoms with Gasteiger partial charge in [-0.15, -0.1) is 11.3 Å². The van der Waals surface area contributed by atoms with Gasteiger partial charge in [0.15, 0.2) is 0 Å². The lowest BCUT2D eigenvalue weighted by Gasteiger charge is -2.02. The predicted molar refractivity (Wildman–Crippen MR) is 72.3 cm³/mol. The number of carbonyl (C=O) groups excluding carboxylic acids is 1. The summed E-state index contributed by atoms with van der Waals surface area (Å²) in [4.78, 5) is 20.7. The van der Waals surface area contributed by atoms with Gasteiger partial charge in [-0.1, -0.05) is 12.1 Å². The summed E-state index contributed by atoms with van der Waals surface area (Å²) in [7, 11) is 0. The smallest absolute Gasteiger partial charge is 0.243 e. The van der Waals surface area contributed by atoms with Crippen molar-refractivity contribution in [1.29, 1.82) is 0 Å². The van der Waals surface area contributed by atoms with Crippen LogP contribution >= 0.6 is 11.3 Å². The van der Waals surface area contributed by atoms with Crippen LogP contribution in [0.3, 0.4) is 0 Å². The molecule has 0 fully saturated rings. The van der Waals surface area contributed by atoms with E-state index >= 15 is 0 Å². The molecule has 0 aliphatic carbocycles. The number of para-hydroxylation sites is 1. The molecule has 96 valence electrons. The Balaban J connectivity index is 1.81. The minimum atomic E-state index is -0.0713. The highest BCUT2D eigenvalue weighted by Gasteiger charge is 2.05. The summed E-state index contributed by atoms with van der Waals surface area (Å²) >= 11 is 1.69. The summed E-state index contributed by atoms with van der Waals surface area (Å²) in [5, 5.41) is 1.08. The predicted octanol–water partition coefficient (Wildman–Crippen LogP) is 2.69. The minimum Gasteiger partial charge on any atom is -0.274 e. The Bertz CT molecular complexity index is 491. The van der Waals surface area contributed by atoms with E-state index in [9.17, 15) is 4.79 Å². The molecule has 4 nitrogen and oxygen atoms in total. The number of thiazole rings is 1. The van der Waals surface area contributed by atoms with Crippen molar-refractivity contribution in [2.75, 3.05) is 6.61 Å². The number of rotatable bonds is 6. The number of hydroxylamine groups is 1. The third-order valence-electron chi connectivity index (χ3n) is 2.46. The second-order valence-corrected chi connectivity index (χ2v) is 5.00. The largest absolute Gasteiger partial charge is 0.274 e. The van der Waals surface area contributed by atoms with E-state index in [1.807, 2.05) is 25.1 Å². The number of benzene rings is 1. The van der Waals surface area contributed by atoms with Gasteiger partial charge in [-0.3, -0.25) is 9.63 Å². The van der Waals surface area contributed by atoms with E-state index in [1.54, 1.807) is 11.3 Å². The Morgan fingerprint density at radius 3 is 3.06 bits per heavy atom. The Kier molecular flexibility index (Phi) is 4.66. The minimum absolute atomic E-state index is 0.0713. The fourth-order valence-corrected chi connectivity index (χ4v) is 2.64. The molecule has 1 aromatic carbocycles. The van der Waals surface area contributed by atoms with Crippen LogP contribution in [0.15, 0.2) is 24.3 Å². The molecule has 0 saturated heterocycles. The second-order valence-electron chi connectivity index (χ2n) is 3.89.